The van der Waals surface area contributed by atoms with Crippen LogP contribution in [0.15, 0.2) is 34.5 Å². The highest BCUT2D eigenvalue weighted by Crippen LogP contribution is 2.30. The molecule has 0 atom stereocenters. The average Bonchev–Trinajstić information content (AvgIpc) is 2.69. The summed E-state index contributed by atoms with van der Waals surface area (Å²) in [5.74, 6) is 0.884. The van der Waals surface area contributed by atoms with Gasteiger partial charge in [0.05, 0.1) is 45.7 Å². The van der Waals surface area contributed by atoms with Gasteiger partial charge in [0.1, 0.15) is 11.5 Å². The standard InChI is InChI=1S/C19H19Cl4N5O2.ClH/c1-3-29-17-7-15(22)13(20)5-11(17)9-25-27-19(24)28-26-10-12-6-14(21)16(23)8-18(12)30-4-2;/h5-10H,3-4H2,1-2H3,(H3,24,27,28);1H. The largest absolute Gasteiger partial charge is 0.493 e. The number of hydrogen-bond donors (Lipinski definition) is 3. The highest BCUT2D eigenvalue weighted by molar-refractivity contribution is 6.42. The van der Waals surface area contributed by atoms with E-state index in [1.165, 1.54) is 12.4 Å². The zero-order valence-corrected chi connectivity index (χ0v) is 20.3. The van der Waals surface area contributed by atoms with Crippen molar-refractivity contribution in [3.05, 3.63) is 55.5 Å². The fraction of sp³-hybridized carbons (Fsp3) is 0.211. The maximum absolute atomic E-state index is 7.84. The van der Waals surface area contributed by atoms with Gasteiger partial charge in [0.2, 0.25) is 5.96 Å². The molecule has 0 fully saturated rings. The van der Waals surface area contributed by atoms with Crippen LogP contribution >= 0.6 is 58.8 Å². The lowest BCUT2D eigenvalue weighted by molar-refractivity contribution is 0.339. The summed E-state index contributed by atoms with van der Waals surface area (Å²) in [5.41, 5.74) is 6.21. The molecule has 3 N–H and O–H groups in total. The van der Waals surface area contributed by atoms with Crippen LogP contribution in [0.4, 0.5) is 0 Å². The topological polar surface area (TPSA) is 91.1 Å². The number of nitrogens with zero attached hydrogens (tertiary/aromatic N) is 2. The summed E-state index contributed by atoms with van der Waals surface area (Å²) in [6, 6.07) is 6.45. The molecule has 0 bridgehead atoms. The zero-order chi connectivity index (χ0) is 22.1. The van der Waals surface area contributed by atoms with Crippen LogP contribution < -0.4 is 20.3 Å². The molecule has 0 aromatic heterocycles. The summed E-state index contributed by atoms with van der Waals surface area (Å²) >= 11 is 24.1. The summed E-state index contributed by atoms with van der Waals surface area (Å²) in [5, 5.41) is 17.3. The molecule has 2 rings (SSSR count). The first-order valence-electron chi connectivity index (χ1n) is 8.76. The smallest absolute Gasteiger partial charge is 0.230 e. The van der Waals surface area contributed by atoms with Crippen LogP contribution in [0.25, 0.3) is 0 Å². The molecule has 168 valence electrons. The predicted molar refractivity (Wildman–Crippen MR) is 132 cm³/mol. The molecule has 0 heterocycles. The Bertz CT molecular complexity index is 894. The van der Waals surface area contributed by atoms with Gasteiger partial charge in [-0.3, -0.25) is 5.41 Å². The molecule has 0 radical (unpaired) electrons. The van der Waals surface area contributed by atoms with Gasteiger partial charge < -0.3 is 9.47 Å². The van der Waals surface area contributed by atoms with Gasteiger partial charge in [0.25, 0.3) is 0 Å². The van der Waals surface area contributed by atoms with Gasteiger partial charge in [0, 0.05) is 23.3 Å². The molecule has 7 nitrogen and oxygen atoms in total. The molecule has 0 unspecified atom stereocenters. The third kappa shape index (κ3) is 8.27. The lowest BCUT2D eigenvalue weighted by Gasteiger charge is -2.09. The van der Waals surface area contributed by atoms with Crippen molar-refractivity contribution in [2.24, 2.45) is 10.2 Å². The number of nitrogens with one attached hydrogen (secondary N) is 3. The lowest BCUT2D eigenvalue weighted by atomic mass is 10.2. The quantitative estimate of drug-likeness (QED) is 0.223. The Hall–Kier alpha value is -1.90. The number of ether oxygens (including phenoxy) is 2. The van der Waals surface area contributed by atoms with Crippen molar-refractivity contribution in [3.8, 4) is 11.5 Å². The SMILES string of the molecule is CCOc1cc(Cl)c(Cl)cc1C=NNC(=N)NN=Cc1cc(Cl)c(Cl)cc1OCC.Cl. The molecule has 0 saturated carbocycles. The van der Waals surface area contributed by atoms with Gasteiger partial charge in [-0.2, -0.15) is 10.2 Å². The molecule has 0 saturated heterocycles. The summed E-state index contributed by atoms with van der Waals surface area (Å²) in [7, 11) is 0. The van der Waals surface area contributed by atoms with E-state index < -0.39 is 0 Å². The van der Waals surface area contributed by atoms with E-state index in [0.717, 1.165) is 0 Å². The Balaban J connectivity index is 0.00000480. The number of rotatable bonds is 8. The van der Waals surface area contributed by atoms with Crippen LogP contribution in [0, 0.1) is 5.41 Å². The van der Waals surface area contributed by atoms with Crippen LogP contribution in [-0.2, 0) is 0 Å². The monoisotopic (exact) mass is 525 g/mol. The normalized spacial score (nSPS) is 10.8. The van der Waals surface area contributed by atoms with Gasteiger partial charge in [-0.25, -0.2) is 10.9 Å². The maximum Gasteiger partial charge on any atom is 0.230 e. The number of benzene rings is 2. The highest BCUT2D eigenvalue weighted by Gasteiger charge is 2.08. The first-order valence-corrected chi connectivity index (χ1v) is 10.3. The van der Waals surface area contributed by atoms with E-state index in [-0.39, 0.29) is 18.4 Å². The summed E-state index contributed by atoms with van der Waals surface area (Å²) in [6.07, 6.45) is 2.92. The minimum atomic E-state index is -0.168. The van der Waals surface area contributed by atoms with E-state index in [0.29, 0.717) is 55.9 Å². The third-order valence-electron chi connectivity index (χ3n) is 3.47. The van der Waals surface area contributed by atoms with E-state index in [9.17, 15) is 0 Å². The van der Waals surface area contributed by atoms with Crippen molar-refractivity contribution in [3.63, 3.8) is 0 Å². The maximum atomic E-state index is 7.84. The summed E-state index contributed by atoms with van der Waals surface area (Å²) < 4.78 is 11.0. The number of guanidine groups is 1. The Morgan fingerprint density at radius 1 is 0.806 bits per heavy atom. The highest BCUT2D eigenvalue weighted by atomic mass is 35.5. The average molecular weight is 528 g/mol. The van der Waals surface area contributed by atoms with Gasteiger partial charge in [0.15, 0.2) is 0 Å². The molecule has 0 aliphatic rings. The van der Waals surface area contributed by atoms with Crippen LogP contribution in [0.2, 0.25) is 20.1 Å². The molecule has 0 spiro atoms. The second kappa shape index (κ2) is 13.5. The van der Waals surface area contributed by atoms with Crippen LogP contribution in [0.3, 0.4) is 0 Å². The van der Waals surface area contributed by atoms with Crippen LogP contribution in [0.1, 0.15) is 25.0 Å². The molecule has 0 aliphatic heterocycles. The molecule has 12 heteroatoms. The fourth-order valence-electron chi connectivity index (χ4n) is 2.21. The van der Waals surface area contributed by atoms with Gasteiger partial charge in [-0.05, 0) is 26.0 Å². The van der Waals surface area contributed by atoms with E-state index in [2.05, 4.69) is 21.1 Å². The molecule has 2 aromatic rings. The minimum Gasteiger partial charge on any atom is -0.493 e. The van der Waals surface area contributed by atoms with E-state index >= 15 is 0 Å². The summed E-state index contributed by atoms with van der Waals surface area (Å²) in [4.78, 5) is 0. The second-order valence-corrected chi connectivity index (χ2v) is 7.22. The molecule has 0 amide bonds. The van der Waals surface area contributed by atoms with Gasteiger partial charge in [-0.15, -0.1) is 12.4 Å². The molecule has 0 aliphatic carbocycles. The van der Waals surface area contributed by atoms with E-state index in [1.54, 1.807) is 24.3 Å². The first-order chi connectivity index (χ1) is 14.3. The third-order valence-corrected chi connectivity index (χ3v) is 4.91. The van der Waals surface area contributed by atoms with Crippen molar-refractivity contribution in [1.82, 2.24) is 10.9 Å². The second-order valence-electron chi connectivity index (χ2n) is 5.59. The Labute approximate surface area is 206 Å². The van der Waals surface area contributed by atoms with Crippen molar-refractivity contribution in [2.45, 2.75) is 13.8 Å². The van der Waals surface area contributed by atoms with Crippen molar-refractivity contribution >= 4 is 77.2 Å². The Kier molecular flexibility index (Phi) is 11.8. The summed E-state index contributed by atoms with van der Waals surface area (Å²) in [6.45, 7) is 4.61. The minimum absolute atomic E-state index is 0. The Morgan fingerprint density at radius 2 is 1.16 bits per heavy atom. The number of hydrogen-bond acceptors (Lipinski definition) is 5. The lowest BCUT2D eigenvalue weighted by Crippen LogP contribution is -2.29. The van der Waals surface area contributed by atoms with Crippen LogP contribution in [0.5, 0.6) is 11.5 Å². The van der Waals surface area contributed by atoms with Crippen molar-refractivity contribution < 1.29 is 9.47 Å². The molecule has 2 aromatic carbocycles. The number of hydrazone groups is 2. The van der Waals surface area contributed by atoms with E-state index in [1.807, 2.05) is 13.8 Å². The first kappa shape index (κ1) is 27.1. The van der Waals surface area contributed by atoms with Gasteiger partial charge >= 0.3 is 0 Å². The molecular weight excluding hydrogens is 508 g/mol. The fourth-order valence-corrected chi connectivity index (χ4v) is 2.86. The zero-order valence-electron chi connectivity index (χ0n) is 16.5. The number of halogens is 5. The van der Waals surface area contributed by atoms with Crippen LogP contribution in [-0.4, -0.2) is 31.6 Å². The van der Waals surface area contributed by atoms with Crippen molar-refractivity contribution in [1.29, 1.82) is 5.41 Å². The molecule has 31 heavy (non-hydrogen) atoms. The Morgan fingerprint density at radius 3 is 1.52 bits per heavy atom. The van der Waals surface area contributed by atoms with E-state index in [4.69, 9.17) is 61.3 Å². The van der Waals surface area contributed by atoms with Gasteiger partial charge in [-0.1, -0.05) is 46.4 Å². The molecular formula is C19H20Cl5N5O2. The predicted octanol–water partition coefficient (Wildman–Crippen LogP) is 6.00. The van der Waals surface area contributed by atoms with Crippen molar-refractivity contribution in [2.75, 3.05) is 13.2 Å².